The van der Waals surface area contributed by atoms with Crippen LogP contribution in [-0.2, 0) is 0 Å². The van der Waals surface area contributed by atoms with Crippen molar-refractivity contribution in [2.45, 2.75) is 44.9 Å². The highest BCUT2D eigenvalue weighted by Gasteiger charge is 2.19. The molecule has 0 aromatic rings. The van der Waals surface area contributed by atoms with Gasteiger partial charge in [0.25, 0.3) is 0 Å². The van der Waals surface area contributed by atoms with Crippen LogP contribution in [-0.4, -0.2) is 18.4 Å². The predicted molar refractivity (Wildman–Crippen MR) is 62.5 cm³/mol. The summed E-state index contributed by atoms with van der Waals surface area (Å²) in [6, 6.07) is 0. The summed E-state index contributed by atoms with van der Waals surface area (Å²) in [6.07, 6.45) is 9.87. The summed E-state index contributed by atoms with van der Waals surface area (Å²) in [5.74, 6) is 1.08. The van der Waals surface area contributed by atoms with E-state index in [0.29, 0.717) is 0 Å². The van der Waals surface area contributed by atoms with E-state index < -0.39 is 0 Å². The predicted octanol–water partition coefficient (Wildman–Crippen LogP) is 3.33. The molecule has 1 fully saturated rings. The first kappa shape index (κ1) is 11.5. The number of nitrogens with one attached hydrogen (secondary N) is 1. The molecule has 78 valence electrons. The maximum atomic E-state index is 3.52. The van der Waals surface area contributed by atoms with Crippen LogP contribution >= 0.6 is 15.9 Å². The molecule has 1 saturated carbocycles. The van der Waals surface area contributed by atoms with Crippen molar-refractivity contribution in [1.82, 2.24) is 5.32 Å². The van der Waals surface area contributed by atoms with Crippen molar-refractivity contribution in [3.05, 3.63) is 0 Å². The van der Waals surface area contributed by atoms with Gasteiger partial charge in [-0.15, -0.1) is 0 Å². The zero-order valence-corrected chi connectivity index (χ0v) is 10.1. The lowest BCUT2D eigenvalue weighted by molar-refractivity contribution is 0.570. The number of halogens is 1. The summed E-state index contributed by atoms with van der Waals surface area (Å²) in [5, 5.41) is 4.69. The largest absolute Gasteiger partial charge is 0.317 e. The molecule has 2 heteroatoms. The quantitative estimate of drug-likeness (QED) is 0.487. The summed E-state index contributed by atoms with van der Waals surface area (Å²) in [7, 11) is 0. The zero-order valence-electron chi connectivity index (χ0n) is 8.53. The Morgan fingerprint density at radius 1 is 1.00 bits per heavy atom. The van der Waals surface area contributed by atoms with Crippen molar-refractivity contribution in [2.75, 3.05) is 18.4 Å². The molecule has 0 aromatic heterocycles. The smallest absolute Gasteiger partial charge is 0.00313 e. The molecule has 0 saturated heterocycles. The standard InChI is InChI=1S/C11H22BrN/c12-8-3-1-2-4-9-13-10-7-11-5-6-11/h11,13H,1-10H2. The van der Waals surface area contributed by atoms with E-state index in [1.54, 1.807) is 0 Å². The SMILES string of the molecule is BrCCCCCCNCCC1CC1. The molecule has 0 aromatic carbocycles. The van der Waals surface area contributed by atoms with Gasteiger partial charge < -0.3 is 5.32 Å². The number of unbranched alkanes of at least 4 members (excludes halogenated alkanes) is 3. The topological polar surface area (TPSA) is 12.0 Å². The van der Waals surface area contributed by atoms with Crippen molar-refractivity contribution in [3.63, 3.8) is 0 Å². The molecule has 0 aliphatic heterocycles. The Bertz CT molecular complexity index is 113. The van der Waals surface area contributed by atoms with Gasteiger partial charge in [-0.2, -0.15) is 0 Å². The minimum Gasteiger partial charge on any atom is -0.317 e. The van der Waals surface area contributed by atoms with Gasteiger partial charge in [0.2, 0.25) is 0 Å². The van der Waals surface area contributed by atoms with Gasteiger partial charge in [0.15, 0.2) is 0 Å². The molecule has 1 nitrogen and oxygen atoms in total. The third kappa shape index (κ3) is 7.51. The van der Waals surface area contributed by atoms with E-state index in [4.69, 9.17) is 0 Å². The van der Waals surface area contributed by atoms with Crippen LogP contribution in [0.25, 0.3) is 0 Å². The average molecular weight is 248 g/mol. The molecular weight excluding hydrogens is 226 g/mol. The van der Waals surface area contributed by atoms with Crippen molar-refractivity contribution in [1.29, 1.82) is 0 Å². The maximum Gasteiger partial charge on any atom is 0.00313 e. The van der Waals surface area contributed by atoms with Gasteiger partial charge in [-0.1, -0.05) is 41.6 Å². The Labute approximate surface area is 90.8 Å². The first-order chi connectivity index (χ1) is 6.43. The molecule has 0 heterocycles. The van der Waals surface area contributed by atoms with E-state index >= 15 is 0 Å². The van der Waals surface area contributed by atoms with Crippen molar-refractivity contribution in [3.8, 4) is 0 Å². The second kappa shape index (κ2) is 7.81. The molecule has 1 rings (SSSR count). The highest BCUT2D eigenvalue weighted by atomic mass is 79.9. The summed E-state index contributed by atoms with van der Waals surface area (Å²) in [4.78, 5) is 0. The van der Waals surface area contributed by atoms with Gasteiger partial charge in [-0.25, -0.2) is 0 Å². The summed E-state index contributed by atoms with van der Waals surface area (Å²) in [5.41, 5.74) is 0. The molecule has 0 radical (unpaired) electrons. The summed E-state index contributed by atoms with van der Waals surface area (Å²) < 4.78 is 0. The number of hydrogen-bond acceptors (Lipinski definition) is 1. The number of alkyl halides is 1. The lowest BCUT2D eigenvalue weighted by atomic mass is 10.2. The van der Waals surface area contributed by atoms with Crippen LogP contribution in [0.1, 0.15) is 44.9 Å². The second-order valence-electron chi connectivity index (χ2n) is 4.09. The van der Waals surface area contributed by atoms with Gasteiger partial charge in [0, 0.05) is 5.33 Å². The van der Waals surface area contributed by atoms with Gasteiger partial charge >= 0.3 is 0 Å². The highest BCUT2D eigenvalue weighted by Crippen LogP contribution is 2.31. The molecule has 1 aliphatic rings. The van der Waals surface area contributed by atoms with E-state index in [1.807, 2.05) is 0 Å². The molecule has 0 amide bonds. The minimum absolute atomic E-state index is 1.08. The van der Waals surface area contributed by atoms with E-state index in [2.05, 4.69) is 21.2 Å². The van der Waals surface area contributed by atoms with Gasteiger partial charge in [-0.05, 0) is 38.3 Å². The van der Waals surface area contributed by atoms with Crippen LogP contribution in [0.3, 0.4) is 0 Å². The van der Waals surface area contributed by atoms with E-state index in [1.165, 1.54) is 63.4 Å². The fraction of sp³-hybridized carbons (Fsp3) is 1.00. The third-order valence-electron chi connectivity index (χ3n) is 2.66. The van der Waals surface area contributed by atoms with Crippen molar-refractivity contribution in [2.24, 2.45) is 5.92 Å². The minimum atomic E-state index is 1.08. The maximum absolute atomic E-state index is 3.52. The lowest BCUT2D eigenvalue weighted by Crippen LogP contribution is -2.16. The molecule has 13 heavy (non-hydrogen) atoms. The van der Waals surface area contributed by atoms with Crippen molar-refractivity contribution >= 4 is 15.9 Å². The van der Waals surface area contributed by atoms with E-state index in [0.717, 1.165) is 5.92 Å². The Hall–Kier alpha value is 0.440. The van der Waals surface area contributed by atoms with Crippen LogP contribution in [0.5, 0.6) is 0 Å². The highest BCUT2D eigenvalue weighted by molar-refractivity contribution is 9.09. The fourth-order valence-corrected chi connectivity index (χ4v) is 1.93. The average Bonchev–Trinajstić information content (AvgIpc) is 2.93. The molecule has 0 spiro atoms. The Morgan fingerprint density at radius 3 is 2.46 bits per heavy atom. The van der Waals surface area contributed by atoms with Gasteiger partial charge in [0.05, 0.1) is 0 Å². The van der Waals surface area contributed by atoms with Gasteiger partial charge in [-0.3, -0.25) is 0 Å². The van der Waals surface area contributed by atoms with Crippen LogP contribution in [0.2, 0.25) is 0 Å². The summed E-state index contributed by atoms with van der Waals surface area (Å²) >= 11 is 3.45. The Kier molecular flexibility index (Phi) is 6.92. The molecule has 1 N–H and O–H groups in total. The fourth-order valence-electron chi connectivity index (χ4n) is 1.54. The van der Waals surface area contributed by atoms with Gasteiger partial charge in [0.1, 0.15) is 0 Å². The second-order valence-corrected chi connectivity index (χ2v) is 4.88. The molecule has 0 bridgehead atoms. The monoisotopic (exact) mass is 247 g/mol. The van der Waals surface area contributed by atoms with Crippen LogP contribution in [0, 0.1) is 5.92 Å². The zero-order chi connectivity index (χ0) is 9.36. The Morgan fingerprint density at radius 2 is 1.77 bits per heavy atom. The first-order valence-corrected chi connectivity index (χ1v) is 6.82. The van der Waals surface area contributed by atoms with Crippen LogP contribution < -0.4 is 5.32 Å². The lowest BCUT2D eigenvalue weighted by Gasteiger charge is -2.03. The van der Waals surface area contributed by atoms with Crippen LogP contribution in [0.4, 0.5) is 0 Å². The molecular formula is C11H22BrN. The van der Waals surface area contributed by atoms with Crippen LogP contribution in [0.15, 0.2) is 0 Å². The summed E-state index contributed by atoms with van der Waals surface area (Å²) in [6.45, 7) is 2.48. The Balaban J connectivity index is 1.63. The first-order valence-electron chi connectivity index (χ1n) is 5.70. The van der Waals surface area contributed by atoms with Crippen molar-refractivity contribution < 1.29 is 0 Å². The van der Waals surface area contributed by atoms with E-state index in [9.17, 15) is 0 Å². The van der Waals surface area contributed by atoms with E-state index in [-0.39, 0.29) is 0 Å². The molecule has 0 atom stereocenters. The number of hydrogen-bond donors (Lipinski definition) is 1. The molecule has 0 unspecified atom stereocenters. The normalized spacial score (nSPS) is 16.4. The molecule has 1 aliphatic carbocycles. The number of rotatable bonds is 9. The third-order valence-corrected chi connectivity index (χ3v) is 3.22.